The van der Waals surface area contributed by atoms with Gasteiger partial charge in [-0.3, -0.25) is 4.79 Å². The molecule has 0 aromatic carbocycles. The van der Waals surface area contributed by atoms with E-state index in [9.17, 15) is 4.79 Å². The smallest absolute Gasteiger partial charge is 0.314 e. The summed E-state index contributed by atoms with van der Waals surface area (Å²) in [5.74, 6) is 0.549. The van der Waals surface area contributed by atoms with Crippen molar-refractivity contribution in [1.82, 2.24) is 10.2 Å². The van der Waals surface area contributed by atoms with Gasteiger partial charge in [-0.05, 0) is 12.1 Å². The summed E-state index contributed by atoms with van der Waals surface area (Å²) in [4.78, 5) is 10.4. The Morgan fingerprint density at radius 2 is 2.24 bits per heavy atom. The van der Waals surface area contributed by atoms with Crippen molar-refractivity contribution < 1.29 is 18.7 Å². The monoisotopic (exact) mass is 254 g/mol. The van der Waals surface area contributed by atoms with E-state index in [1.165, 1.54) is 0 Å². The standard InChI is InChI=1S/C10H10N2O4S/c1-2-6-3-4-7(15-6)9-11-12-10(16-9)17-5-8(13)14/h3-4H,2,5H2,1H3,(H,13,14). The summed E-state index contributed by atoms with van der Waals surface area (Å²) in [5, 5.41) is 16.2. The molecule has 0 bridgehead atoms. The summed E-state index contributed by atoms with van der Waals surface area (Å²) in [5.41, 5.74) is 0. The molecule has 0 fully saturated rings. The molecule has 2 heterocycles. The highest BCUT2D eigenvalue weighted by Crippen LogP contribution is 2.24. The summed E-state index contributed by atoms with van der Waals surface area (Å²) >= 11 is 0.975. The second-order valence-electron chi connectivity index (χ2n) is 3.18. The van der Waals surface area contributed by atoms with Gasteiger partial charge in [-0.1, -0.05) is 18.7 Å². The number of nitrogens with zero attached hydrogens (tertiary/aromatic N) is 2. The Morgan fingerprint density at radius 3 is 2.88 bits per heavy atom. The molecule has 2 aromatic heterocycles. The largest absolute Gasteiger partial charge is 0.481 e. The van der Waals surface area contributed by atoms with Gasteiger partial charge in [0.1, 0.15) is 11.5 Å². The van der Waals surface area contributed by atoms with Crippen molar-refractivity contribution in [1.29, 1.82) is 0 Å². The van der Waals surface area contributed by atoms with Crippen LogP contribution in [0.2, 0.25) is 0 Å². The first-order chi connectivity index (χ1) is 8.19. The molecule has 0 amide bonds. The van der Waals surface area contributed by atoms with Gasteiger partial charge in [-0.25, -0.2) is 0 Å². The molecule has 0 spiro atoms. The van der Waals surface area contributed by atoms with E-state index >= 15 is 0 Å². The summed E-state index contributed by atoms with van der Waals surface area (Å²) in [6.07, 6.45) is 0.786. The van der Waals surface area contributed by atoms with Crippen LogP contribution in [0.15, 0.2) is 26.2 Å². The summed E-state index contributed by atoms with van der Waals surface area (Å²) in [6.45, 7) is 1.98. The van der Waals surface area contributed by atoms with E-state index in [4.69, 9.17) is 13.9 Å². The van der Waals surface area contributed by atoms with Crippen LogP contribution in [0.25, 0.3) is 11.7 Å². The van der Waals surface area contributed by atoms with Gasteiger partial charge in [0, 0.05) is 6.42 Å². The lowest BCUT2D eigenvalue weighted by atomic mass is 10.3. The lowest BCUT2D eigenvalue weighted by Crippen LogP contribution is -1.97. The maximum absolute atomic E-state index is 10.4. The second-order valence-corrected chi connectivity index (χ2v) is 4.10. The van der Waals surface area contributed by atoms with Gasteiger partial charge in [0.05, 0.1) is 0 Å². The molecule has 0 saturated carbocycles. The van der Waals surface area contributed by atoms with Crippen LogP contribution in [0, 0.1) is 0 Å². The van der Waals surface area contributed by atoms with E-state index in [0.717, 1.165) is 23.9 Å². The van der Waals surface area contributed by atoms with Crippen molar-refractivity contribution in [2.45, 2.75) is 18.6 Å². The number of aryl methyl sites for hydroxylation is 1. The minimum Gasteiger partial charge on any atom is -0.481 e. The van der Waals surface area contributed by atoms with Gasteiger partial charge >= 0.3 is 5.97 Å². The SMILES string of the molecule is CCc1ccc(-c2nnc(SCC(=O)O)o2)o1. The van der Waals surface area contributed by atoms with Crippen LogP contribution in [-0.4, -0.2) is 27.0 Å². The molecular formula is C10H10N2O4S. The molecule has 0 aliphatic heterocycles. The van der Waals surface area contributed by atoms with E-state index in [1.807, 2.05) is 13.0 Å². The quantitative estimate of drug-likeness (QED) is 0.817. The molecule has 6 nitrogen and oxygen atoms in total. The predicted molar refractivity (Wildman–Crippen MR) is 59.7 cm³/mol. The molecule has 0 radical (unpaired) electrons. The Hall–Kier alpha value is -1.76. The van der Waals surface area contributed by atoms with Crippen molar-refractivity contribution in [3.05, 3.63) is 17.9 Å². The molecule has 90 valence electrons. The van der Waals surface area contributed by atoms with Crippen LogP contribution in [-0.2, 0) is 11.2 Å². The highest BCUT2D eigenvalue weighted by atomic mass is 32.2. The lowest BCUT2D eigenvalue weighted by Gasteiger charge is -1.89. The lowest BCUT2D eigenvalue weighted by molar-refractivity contribution is -0.133. The van der Waals surface area contributed by atoms with Gasteiger partial charge in [0.2, 0.25) is 0 Å². The number of furan rings is 1. The van der Waals surface area contributed by atoms with Crippen LogP contribution in [0.3, 0.4) is 0 Å². The van der Waals surface area contributed by atoms with E-state index in [0.29, 0.717) is 5.76 Å². The van der Waals surface area contributed by atoms with Gasteiger partial charge in [0.15, 0.2) is 5.76 Å². The topological polar surface area (TPSA) is 89.4 Å². The Labute approximate surface area is 101 Å². The first kappa shape index (κ1) is 11.7. The average Bonchev–Trinajstić information content (AvgIpc) is 2.94. The van der Waals surface area contributed by atoms with Crippen molar-refractivity contribution in [3.63, 3.8) is 0 Å². The summed E-state index contributed by atoms with van der Waals surface area (Å²) in [6, 6.07) is 3.58. The third kappa shape index (κ3) is 2.88. The zero-order valence-electron chi connectivity index (χ0n) is 9.04. The zero-order chi connectivity index (χ0) is 12.3. The number of rotatable bonds is 5. The van der Waals surface area contributed by atoms with Crippen LogP contribution in [0.5, 0.6) is 0 Å². The molecule has 0 atom stereocenters. The normalized spacial score (nSPS) is 10.6. The van der Waals surface area contributed by atoms with Crippen molar-refractivity contribution in [2.75, 3.05) is 5.75 Å². The number of hydrogen-bond acceptors (Lipinski definition) is 6. The molecule has 0 aliphatic carbocycles. The highest BCUT2D eigenvalue weighted by Gasteiger charge is 2.13. The molecule has 7 heteroatoms. The number of thioether (sulfide) groups is 1. The molecule has 17 heavy (non-hydrogen) atoms. The number of carbonyl (C=O) groups is 1. The first-order valence-corrected chi connectivity index (χ1v) is 5.94. The number of carboxylic acid groups (broad SMARTS) is 1. The minimum absolute atomic E-state index is 0.111. The number of aromatic nitrogens is 2. The number of carboxylic acids is 1. The van der Waals surface area contributed by atoms with Crippen LogP contribution in [0.1, 0.15) is 12.7 Å². The van der Waals surface area contributed by atoms with E-state index in [1.54, 1.807) is 6.07 Å². The fraction of sp³-hybridized carbons (Fsp3) is 0.300. The Morgan fingerprint density at radius 1 is 1.41 bits per heavy atom. The highest BCUT2D eigenvalue weighted by molar-refractivity contribution is 7.99. The fourth-order valence-corrected chi connectivity index (χ4v) is 1.66. The Bertz CT molecular complexity index is 520. The number of hydrogen-bond donors (Lipinski definition) is 1. The van der Waals surface area contributed by atoms with Gasteiger partial charge < -0.3 is 13.9 Å². The Kier molecular flexibility index (Phi) is 3.48. The van der Waals surface area contributed by atoms with E-state index in [2.05, 4.69) is 10.2 Å². The van der Waals surface area contributed by atoms with Crippen molar-refractivity contribution in [3.8, 4) is 11.7 Å². The number of aliphatic carboxylic acids is 1. The fourth-order valence-electron chi connectivity index (χ4n) is 1.17. The van der Waals surface area contributed by atoms with E-state index < -0.39 is 5.97 Å². The minimum atomic E-state index is -0.930. The van der Waals surface area contributed by atoms with Crippen LogP contribution < -0.4 is 0 Å². The molecule has 1 N–H and O–H groups in total. The summed E-state index contributed by atoms with van der Waals surface area (Å²) in [7, 11) is 0. The third-order valence-electron chi connectivity index (χ3n) is 1.95. The first-order valence-electron chi connectivity index (χ1n) is 4.96. The van der Waals surface area contributed by atoms with Crippen molar-refractivity contribution in [2.24, 2.45) is 0 Å². The molecule has 0 unspecified atom stereocenters. The maximum Gasteiger partial charge on any atom is 0.314 e. The molecule has 0 aliphatic rings. The molecule has 2 rings (SSSR count). The molecular weight excluding hydrogens is 244 g/mol. The average molecular weight is 254 g/mol. The van der Waals surface area contributed by atoms with Gasteiger partial charge in [0.25, 0.3) is 11.1 Å². The zero-order valence-corrected chi connectivity index (χ0v) is 9.86. The van der Waals surface area contributed by atoms with Crippen molar-refractivity contribution >= 4 is 17.7 Å². The van der Waals surface area contributed by atoms with Gasteiger partial charge in [-0.2, -0.15) is 0 Å². The van der Waals surface area contributed by atoms with Crippen LogP contribution >= 0.6 is 11.8 Å². The second kappa shape index (κ2) is 5.05. The summed E-state index contributed by atoms with van der Waals surface area (Å²) < 4.78 is 10.7. The molecule has 0 saturated heterocycles. The maximum atomic E-state index is 10.4. The van der Waals surface area contributed by atoms with Gasteiger partial charge in [-0.15, -0.1) is 10.2 Å². The van der Waals surface area contributed by atoms with Crippen LogP contribution in [0.4, 0.5) is 0 Å². The Balaban J connectivity index is 2.09. The molecule has 2 aromatic rings. The predicted octanol–water partition coefficient (Wildman–Crippen LogP) is 2.07. The third-order valence-corrected chi connectivity index (χ3v) is 2.75. The van der Waals surface area contributed by atoms with E-state index in [-0.39, 0.29) is 16.9 Å².